The fourth-order valence-electron chi connectivity index (χ4n) is 7.08. The highest BCUT2D eigenvalue weighted by Crippen LogP contribution is 2.30. The van der Waals surface area contributed by atoms with Gasteiger partial charge in [0.15, 0.2) is 0 Å². The van der Waals surface area contributed by atoms with Crippen LogP contribution in [0.1, 0.15) is 96.4 Å². The maximum atomic E-state index is 12.9. The van der Waals surface area contributed by atoms with Gasteiger partial charge in [0.1, 0.15) is 29.4 Å². The lowest BCUT2D eigenvalue weighted by Gasteiger charge is -2.31. The Labute approximate surface area is 381 Å². The average molecular weight is 892 g/mol. The quantitative estimate of drug-likeness (QED) is 0.0412. The number of benzene rings is 2. The SMILES string of the molecule is COC(=O)C[C@H](CN(C)CCCCc1ccc2c(n1)N(C(=O)OC(C)(C)C)CCC2)c1cccc(-c2ccc(OCCOCCOCCOCCOCCC(=O)OC(C)(C)C)cc2)c1. The van der Waals surface area contributed by atoms with Crippen LogP contribution in [0.5, 0.6) is 5.75 Å². The molecule has 1 aromatic heterocycles. The van der Waals surface area contributed by atoms with Crippen LogP contribution in [0.2, 0.25) is 0 Å². The third-order valence-corrected chi connectivity index (χ3v) is 10.1. The summed E-state index contributed by atoms with van der Waals surface area (Å²) in [5.74, 6) is 0.918. The van der Waals surface area contributed by atoms with Gasteiger partial charge in [0.25, 0.3) is 0 Å². The fraction of sp³-hybridized carbons (Fsp3) is 0.600. The van der Waals surface area contributed by atoms with E-state index in [9.17, 15) is 14.4 Å². The number of nitrogens with zero attached hydrogens (tertiary/aromatic N) is 3. The molecule has 3 aromatic rings. The zero-order valence-electron chi connectivity index (χ0n) is 39.6. The van der Waals surface area contributed by atoms with Crippen molar-refractivity contribution in [1.29, 1.82) is 0 Å². The second-order valence-electron chi connectivity index (χ2n) is 18.0. The van der Waals surface area contributed by atoms with E-state index in [2.05, 4.69) is 42.3 Å². The van der Waals surface area contributed by atoms with E-state index in [1.165, 1.54) is 7.11 Å². The van der Waals surface area contributed by atoms with Gasteiger partial charge in [-0.25, -0.2) is 9.78 Å². The molecule has 64 heavy (non-hydrogen) atoms. The molecule has 0 saturated carbocycles. The lowest BCUT2D eigenvalue weighted by molar-refractivity contribution is -0.156. The Morgan fingerprint density at radius 2 is 1.38 bits per heavy atom. The van der Waals surface area contributed by atoms with E-state index in [0.29, 0.717) is 72.6 Å². The summed E-state index contributed by atoms with van der Waals surface area (Å²) in [6.45, 7) is 17.1. The van der Waals surface area contributed by atoms with Crippen molar-refractivity contribution < 1.29 is 52.3 Å². The number of hydrogen-bond acceptors (Lipinski definition) is 13. The van der Waals surface area contributed by atoms with E-state index in [4.69, 9.17) is 42.9 Å². The number of methoxy groups -OCH3 is 1. The second kappa shape index (κ2) is 27.0. The van der Waals surface area contributed by atoms with Crippen molar-refractivity contribution in [2.45, 2.75) is 104 Å². The Balaban J connectivity index is 1.13. The molecular formula is C50H73N3O11. The predicted octanol–water partition coefficient (Wildman–Crippen LogP) is 8.21. The van der Waals surface area contributed by atoms with Gasteiger partial charge in [-0.05, 0) is 128 Å². The number of hydrogen-bond donors (Lipinski definition) is 0. The van der Waals surface area contributed by atoms with Gasteiger partial charge in [0.2, 0.25) is 0 Å². The first-order valence-electron chi connectivity index (χ1n) is 22.7. The standard InChI is InChI=1S/C50H73N3O11/c1-49(2,3)63-45(54)23-26-58-27-28-59-29-30-60-31-32-61-33-34-62-44-21-18-38(19-22-44)40-13-11-14-41(35-40)42(36-46(55)57-8)37-52(7)24-10-9-16-43-20-17-39-15-12-25-53(47(39)51-43)48(56)64-50(4,5)6/h11,13-14,17-22,35,42H,9-10,12,15-16,23-34,36-37H2,1-8H3/t42-/m1/s1. The van der Waals surface area contributed by atoms with Crippen LogP contribution >= 0.6 is 0 Å². The van der Waals surface area contributed by atoms with Crippen molar-refractivity contribution >= 4 is 23.8 Å². The number of rotatable bonds is 27. The molecule has 14 heteroatoms. The van der Waals surface area contributed by atoms with Crippen LogP contribution in [0.4, 0.5) is 10.6 Å². The molecule has 0 aliphatic carbocycles. The number of amides is 1. The number of likely N-dealkylation sites (N-methyl/N-ethyl adjacent to an activating group) is 1. The average Bonchev–Trinajstić information content (AvgIpc) is 3.25. The van der Waals surface area contributed by atoms with Gasteiger partial charge in [-0.15, -0.1) is 0 Å². The molecule has 354 valence electrons. The van der Waals surface area contributed by atoms with Gasteiger partial charge in [-0.3, -0.25) is 14.5 Å². The Kier molecular flexibility index (Phi) is 22.0. The first-order chi connectivity index (χ1) is 30.6. The first kappa shape index (κ1) is 52.0. The minimum atomic E-state index is -0.568. The Morgan fingerprint density at radius 1 is 0.734 bits per heavy atom. The molecule has 4 rings (SSSR count). The molecule has 0 unspecified atom stereocenters. The van der Waals surface area contributed by atoms with E-state index >= 15 is 0 Å². The number of aryl methyl sites for hydroxylation is 2. The maximum Gasteiger partial charge on any atom is 0.416 e. The summed E-state index contributed by atoms with van der Waals surface area (Å²) in [6.07, 6.45) is 4.66. The zero-order valence-corrected chi connectivity index (χ0v) is 39.6. The summed E-state index contributed by atoms with van der Waals surface area (Å²) < 4.78 is 44.0. The molecule has 0 spiro atoms. The molecule has 0 radical (unpaired) electrons. The van der Waals surface area contributed by atoms with Crippen molar-refractivity contribution in [3.05, 3.63) is 77.5 Å². The van der Waals surface area contributed by atoms with Crippen LogP contribution in [0.3, 0.4) is 0 Å². The van der Waals surface area contributed by atoms with Crippen molar-refractivity contribution in [3.8, 4) is 16.9 Å². The Hall–Kier alpha value is -4.60. The molecule has 0 N–H and O–H groups in total. The van der Waals surface area contributed by atoms with Gasteiger partial charge < -0.3 is 42.8 Å². The van der Waals surface area contributed by atoms with Crippen LogP contribution in [0.25, 0.3) is 11.1 Å². The van der Waals surface area contributed by atoms with Crippen LogP contribution in [0, 0.1) is 0 Å². The molecule has 0 saturated heterocycles. The number of unbranched alkanes of at least 4 members (excludes halogenated alkanes) is 1. The molecule has 14 nitrogen and oxygen atoms in total. The minimum Gasteiger partial charge on any atom is -0.491 e. The highest BCUT2D eigenvalue weighted by Gasteiger charge is 2.29. The largest absolute Gasteiger partial charge is 0.491 e. The third kappa shape index (κ3) is 20.1. The summed E-state index contributed by atoms with van der Waals surface area (Å²) in [5, 5.41) is 0. The predicted molar refractivity (Wildman–Crippen MR) is 247 cm³/mol. The van der Waals surface area contributed by atoms with Gasteiger partial charge in [0.05, 0.1) is 72.8 Å². The third-order valence-electron chi connectivity index (χ3n) is 10.1. The molecule has 2 aromatic carbocycles. The van der Waals surface area contributed by atoms with E-state index in [1.54, 1.807) is 4.90 Å². The normalized spacial score (nSPS) is 13.4. The molecule has 2 heterocycles. The smallest absolute Gasteiger partial charge is 0.416 e. The van der Waals surface area contributed by atoms with E-state index in [-0.39, 0.29) is 36.8 Å². The van der Waals surface area contributed by atoms with Gasteiger partial charge >= 0.3 is 18.0 Å². The molecule has 0 fully saturated rings. The topological polar surface area (TPSA) is 144 Å². The summed E-state index contributed by atoms with van der Waals surface area (Å²) >= 11 is 0. The van der Waals surface area contributed by atoms with Crippen LogP contribution < -0.4 is 9.64 Å². The van der Waals surface area contributed by atoms with E-state index < -0.39 is 11.2 Å². The van der Waals surface area contributed by atoms with E-state index in [1.807, 2.05) is 71.9 Å². The number of aromatic nitrogens is 1. The molecule has 1 atom stereocenters. The van der Waals surface area contributed by atoms with Crippen molar-refractivity contribution in [2.75, 3.05) is 98.2 Å². The molecular weight excluding hydrogens is 819 g/mol. The minimum absolute atomic E-state index is 0.0467. The maximum absolute atomic E-state index is 12.9. The lowest BCUT2D eigenvalue weighted by Crippen LogP contribution is -2.40. The van der Waals surface area contributed by atoms with Gasteiger partial charge in [-0.1, -0.05) is 42.5 Å². The number of pyridine rings is 1. The van der Waals surface area contributed by atoms with E-state index in [0.717, 1.165) is 78.2 Å². The fourth-order valence-corrected chi connectivity index (χ4v) is 7.08. The molecule has 0 bridgehead atoms. The number of anilines is 1. The van der Waals surface area contributed by atoms with Crippen LogP contribution in [-0.2, 0) is 55.6 Å². The van der Waals surface area contributed by atoms with Gasteiger partial charge in [-0.2, -0.15) is 0 Å². The Morgan fingerprint density at radius 3 is 2.02 bits per heavy atom. The number of carbonyl (C=O) groups is 3. The van der Waals surface area contributed by atoms with Crippen molar-refractivity contribution in [2.24, 2.45) is 0 Å². The monoisotopic (exact) mass is 892 g/mol. The van der Waals surface area contributed by atoms with Crippen molar-refractivity contribution in [3.63, 3.8) is 0 Å². The van der Waals surface area contributed by atoms with Crippen molar-refractivity contribution in [1.82, 2.24) is 9.88 Å². The summed E-state index contributed by atoms with van der Waals surface area (Å²) in [5.41, 5.74) is 4.18. The number of fused-ring (bicyclic) bond motifs is 1. The van der Waals surface area contributed by atoms with Gasteiger partial charge in [0, 0.05) is 24.7 Å². The lowest BCUT2D eigenvalue weighted by atomic mass is 9.92. The number of esters is 2. The summed E-state index contributed by atoms with van der Waals surface area (Å²) in [4.78, 5) is 46.1. The molecule has 1 aliphatic rings. The Bertz CT molecular complexity index is 1860. The number of carbonyl (C=O) groups excluding carboxylic acids is 3. The second-order valence-corrected chi connectivity index (χ2v) is 18.0. The highest BCUT2D eigenvalue weighted by atomic mass is 16.6. The highest BCUT2D eigenvalue weighted by molar-refractivity contribution is 5.88. The van der Waals surface area contributed by atoms with Crippen LogP contribution in [-0.4, -0.2) is 132 Å². The molecule has 1 amide bonds. The summed E-state index contributed by atoms with van der Waals surface area (Å²) in [6, 6.07) is 20.5. The summed E-state index contributed by atoms with van der Waals surface area (Å²) in [7, 11) is 3.53. The molecule has 1 aliphatic heterocycles. The number of ether oxygens (including phenoxy) is 8. The first-order valence-corrected chi connectivity index (χ1v) is 22.7. The van der Waals surface area contributed by atoms with Crippen LogP contribution in [0.15, 0.2) is 60.7 Å². The zero-order chi connectivity index (χ0) is 46.4.